The molecule has 5 fully saturated rings. The molecule has 5 aliphatic heterocycles. The summed E-state index contributed by atoms with van der Waals surface area (Å²) in [6, 6.07) is 20.5. The predicted octanol–water partition coefficient (Wildman–Crippen LogP) is 7.52. The Balaban J connectivity index is 0.830. The van der Waals surface area contributed by atoms with Crippen molar-refractivity contribution in [1.82, 2.24) is 19.6 Å². The van der Waals surface area contributed by atoms with Gasteiger partial charge in [-0.3, -0.25) is 19.8 Å². The first-order valence-electron chi connectivity index (χ1n) is 25.7. The standard InChI is InChI=1S/C53H62N8O10S/c1-32-4-2-3-5-40(32)46-30-69-21-19-59(46)37-27-53(28-37)14-17-58(18-15-53)36-8-11-41(43(24-36)60-42-13-20-68-31-48(42)71-52-45(60)23-34-12-16-54-50(34)56-52)51(63)57-72(66,67)39-25-44(61(64)65)49-47(26-39)70-29-35(55-49)22-33-6-9-38(62)10-7-33/h2-5,8,11-12,16,23-26,33,35,37-38,42,46,48,55,62H,6-7,9-10,13-15,17-22,27-31H2,1H3,(H,54,56)(H,57,63)/t33?,35-,38?,42-,46-,48-/m0/s1. The number of amides is 1. The molecule has 0 radical (unpaired) electrons. The number of rotatable bonds is 10. The van der Waals surface area contributed by atoms with Crippen LogP contribution in [0.25, 0.3) is 11.0 Å². The Kier molecular flexibility index (Phi) is 12.3. The summed E-state index contributed by atoms with van der Waals surface area (Å²) in [5.41, 5.74) is 5.28. The molecule has 2 aromatic heterocycles. The Morgan fingerprint density at radius 2 is 1.75 bits per heavy atom. The summed E-state index contributed by atoms with van der Waals surface area (Å²) in [7, 11) is -4.70. The van der Waals surface area contributed by atoms with E-state index in [0.29, 0.717) is 80.4 Å². The smallest absolute Gasteiger partial charge is 0.297 e. The van der Waals surface area contributed by atoms with Crippen molar-refractivity contribution >= 4 is 55.4 Å². The van der Waals surface area contributed by atoms with E-state index >= 15 is 0 Å². The van der Waals surface area contributed by atoms with E-state index in [1.165, 1.54) is 17.2 Å². The van der Waals surface area contributed by atoms with E-state index in [-0.39, 0.29) is 53.3 Å². The van der Waals surface area contributed by atoms with E-state index in [1.807, 2.05) is 24.3 Å². The van der Waals surface area contributed by atoms with Crippen molar-refractivity contribution < 1.29 is 42.2 Å². The Labute approximate surface area is 418 Å². The van der Waals surface area contributed by atoms with Crippen LogP contribution in [0.15, 0.2) is 77.8 Å². The second-order valence-corrected chi connectivity index (χ2v) is 22.9. The number of aromatic nitrogens is 2. The third kappa shape index (κ3) is 8.79. The van der Waals surface area contributed by atoms with Crippen LogP contribution in [0.3, 0.4) is 0 Å². The highest BCUT2D eigenvalue weighted by molar-refractivity contribution is 7.90. The maximum Gasteiger partial charge on any atom is 0.297 e. The van der Waals surface area contributed by atoms with E-state index in [4.69, 9.17) is 23.9 Å². The molecule has 72 heavy (non-hydrogen) atoms. The number of nitro benzene ring substituents is 1. The number of aromatic amines is 1. The summed E-state index contributed by atoms with van der Waals surface area (Å²) in [4.78, 5) is 41.4. The number of morpholine rings is 1. The molecular formula is C53H62N8O10S. The van der Waals surface area contributed by atoms with Crippen molar-refractivity contribution in [3.8, 4) is 11.6 Å². The van der Waals surface area contributed by atoms with Gasteiger partial charge in [-0.15, -0.1) is 0 Å². The third-order valence-electron chi connectivity index (χ3n) is 16.8. The van der Waals surface area contributed by atoms with Gasteiger partial charge in [0.05, 0.1) is 65.1 Å². The number of hydrogen-bond donors (Lipinski definition) is 4. The van der Waals surface area contributed by atoms with Crippen molar-refractivity contribution in [1.29, 1.82) is 0 Å². The summed E-state index contributed by atoms with van der Waals surface area (Å²) in [5.74, 6) is -0.193. The number of hydrogen-bond acceptors (Lipinski definition) is 15. The van der Waals surface area contributed by atoms with Gasteiger partial charge in [-0.05, 0) is 124 Å². The number of pyridine rings is 1. The molecule has 5 aromatic rings. The highest BCUT2D eigenvalue weighted by atomic mass is 32.2. The van der Waals surface area contributed by atoms with Crippen LogP contribution < -0.4 is 29.3 Å². The van der Waals surface area contributed by atoms with Gasteiger partial charge in [0.2, 0.25) is 5.88 Å². The molecule has 7 heterocycles. The highest BCUT2D eigenvalue weighted by Gasteiger charge is 2.50. The number of nitrogens with zero attached hydrogens (tertiary/aromatic N) is 5. The first kappa shape index (κ1) is 47.0. The normalized spacial score (nSPS) is 26.3. The lowest BCUT2D eigenvalue weighted by atomic mass is 9.59. The van der Waals surface area contributed by atoms with Crippen molar-refractivity contribution in [3.63, 3.8) is 0 Å². The van der Waals surface area contributed by atoms with Gasteiger partial charge in [0.1, 0.15) is 24.0 Å². The summed E-state index contributed by atoms with van der Waals surface area (Å²) in [5, 5.41) is 26.6. The Morgan fingerprint density at radius 3 is 2.56 bits per heavy atom. The number of aliphatic hydroxyl groups is 1. The first-order chi connectivity index (χ1) is 34.9. The van der Waals surface area contributed by atoms with Crippen molar-refractivity contribution in [3.05, 3.63) is 99.7 Å². The lowest BCUT2D eigenvalue weighted by Crippen LogP contribution is -2.58. The highest BCUT2D eigenvalue weighted by Crippen LogP contribution is 2.54. The number of fused-ring (bicyclic) bond motifs is 4. The quantitative estimate of drug-likeness (QED) is 0.0787. The van der Waals surface area contributed by atoms with Gasteiger partial charge in [-0.2, -0.15) is 4.98 Å². The molecular weight excluding hydrogens is 941 g/mol. The fourth-order valence-electron chi connectivity index (χ4n) is 12.9. The maximum atomic E-state index is 14.8. The Morgan fingerprint density at radius 1 is 0.944 bits per heavy atom. The van der Waals surface area contributed by atoms with Crippen molar-refractivity contribution in [2.24, 2.45) is 11.3 Å². The summed E-state index contributed by atoms with van der Waals surface area (Å²) in [6.07, 6.45) is 9.78. The van der Waals surface area contributed by atoms with Gasteiger partial charge in [-0.25, -0.2) is 13.1 Å². The number of aryl methyl sites for hydroxylation is 1. The van der Waals surface area contributed by atoms with Gasteiger partial charge in [0.25, 0.3) is 21.6 Å². The van der Waals surface area contributed by atoms with Gasteiger partial charge in [-0.1, -0.05) is 24.3 Å². The molecule has 4 atom stereocenters. The average molecular weight is 1000 g/mol. The van der Waals surface area contributed by atoms with E-state index in [0.717, 1.165) is 81.9 Å². The number of nitro groups is 1. The van der Waals surface area contributed by atoms with Gasteiger partial charge in [0, 0.05) is 61.7 Å². The van der Waals surface area contributed by atoms with Crippen molar-refractivity contribution in [2.45, 2.75) is 112 Å². The monoisotopic (exact) mass is 1000 g/mol. The van der Waals surface area contributed by atoms with Gasteiger partial charge < -0.3 is 44.2 Å². The fourth-order valence-corrected chi connectivity index (χ4v) is 13.9. The molecule has 380 valence electrons. The summed E-state index contributed by atoms with van der Waals surface area (Å²) < 4.78 is 55.5. The van der Waals surface area contributed by atoms with E-state index < -0.39 is 37.5 Å². The molecule has 1 spiro atoms. The van der Waals surface area contributed by atoms with Crippen LogP contribution in [0, 0.1) is 28.4 Å². The second kappa shape index (κ2) is 18.8. The Bertz CT molecular complexity index is 3000. The zero-order valence-corrected chi connectivity index (χ0v) is 41.3. The van der Waals surface area contributed by atoms with E-state index in [2.05, 4.69) is 60.9 Å². The molecule has 0 bridgehead atoms. The van der Waals surface area contributed by atoms with E-state index in [1.54, 1.807) is 12.3 Å². The molecule has 4 N–H and O–H groups in total. The molecule has 3 saturated heterocycles. The molecule has 1 amide bonds. The predicted molar refractivity (Wildman–Crippen MR) is 270 cm³/mol. The number of anilines is 4. The molecule has 2 aliphatic carbocycles. The third-order valence-corrected chi connectivity index (χ3v) is 18.1. The number of benzene rings is 3. The topological polar surface area (TPSA) is 214 Å². The number of sulfonamides is 1. The zero-order chi connectivity index (χ0) is 49.3. The van der Waals surface area contributed by atoms with Crippen LogP contribution >= 0.6 is 0 Å². The Hall–Kier alpha value is -5.99. The molecule has 2 saturated carbocycles. The first-order valence-corrected chi connectivity index (χ1v) is 27.1. The minimum absolute atomic E-state index is 0.0183. The number of carbonyl (C=O) groups is 1. The van der Waals surface area contributed by atoms with Crippen LogP contribution in [-0.2, 0) is 19.5 Å². The lowest BCUT2D eigenvalue weighted by molar-refractivity contribution is -0.384. The maximum absolute atomic E-state index is 14.8. The van der Waals surface area contributed by atoms with E-state index in [9.17, 15) is 28.4 Å². The number of H-pyrrole nitrogens is 1. The SMILES string of the molecule is Cc1ccccc1[C@@H]1COCCN1C1CC2(CCN(c3ccc(C(=O)NS(=O)(=O)c4cc5c(c([N+](=O)[O-])c4)N[C@@H](CC4CCC(O)CC4)CO5)c(N4c5cc6cc[nH]c6nc5O[C@H]5COCC[C@@H]54)c3)CC2)C1. The van der Waals surface area contributed by atoms with Crippen molar-refractivity contribution in [2.75, 3.05) is 67.8 Å². The number of piperidine rings is 1. The average Bonchev–Trinajstić information content (AvgIpc) is 3.84. The lowest BCUT2D eigenvalue weighted by Gasteiger charge is -2.57. The van der Waals surface area contributed by atoms with Crippen LogP contribution in [0.2, 0.25) is 0 Å². The van der Waals surface area contributed by atoms with Crippen LogP contribution in [0.4, 0.5) is 28.4 Å². The van der Waals surface area contributed by atoms with Crippen LogP contribution in [0.5, 0.6) is 11.6 Å². The van der Waals surface area contributed by atoms with Gasteiger partial charge in [0.15, 0.2) is 11.4 Å². The van der Waals surface area contributed by atoms with Gasteiger partial charge >= 0.3 is 0 Å². The summed E-state index contributed by atoms with van der Waals surface area (Å²) >= 11 is 0. The molecule has 0 unspecified atom stereocenters. The van der Waals surface area contributed by atoms with Crippen LogP contribution in [0.1, 0.15) is 91.7 Å². The molecule has 18 nitrogen and oxygen atoms in total. The molecule has 3 aromatic carbocycles. The number of carbonyl (C=O) groups excluding carboxylic acids is 1. The minimum Gasteiger partial charge on any atom is -0.489 e. The van der Waals surface area contributed by atoms with Crippen LogP contribution in [-0.4, -0.2) is 122 Å². The molecule has 7 aliphatic rings. The molecule has 19 heteroatoms. The number of aliphatic hydroxyl groups excluding tert-OH is 1. The second-order valence-electron chi connectivity index (χ2n) is 21.2. The number of ether oxygens (including phenoxy) is 4. The zero-order valence-electron chi connectivity index (χ0n) is 40.5. The summed E-state index contributed by atoms with van der Waals surface area (Å²) in [6.45, 7) is 7.13. The minimum atomic E-state index is -4.70. The largest absolute Gasteiger partial charge is 0.489 e. The fraction of sp³-hybridized carbons (Fsp3) is 0.509. The molecule has 12 rings (SSSR count). The number of nitrogens with one attached hydrogen (secondary N) is 3.